The van der Waals surface area contributed by atoms with E-state index < -0.39 is 0 Å². The highest BCUT2D eigenvalue weighted by atomic mass is 127. The Labute approximate surface area is 207 Å². The number of hydrogen-bond donors (Lipinski definition) is 2. The van der Waals surface area contributed by atoms with Gasteiger partial charge in [0.15, 0.2) is 5.96 Å². The van der Waals surface area contributed by atoms with Crippen molar-refractivity contribution in [3.8, 4) is 0 Å². The molecule has 31 heavy (non-hydrogen) atoms. The van der Waals surface area contributed by atoms with Crippen LogP contribution in [0.4, 0.5) is 5.82 Å². The average Bonchev–Trinajstić information content (AvgIpc) is 3.22. The Morgan fingerprint density at radius 1 is 1.26 bits per heavy atom. The number of ether oxygens (including phenoxy) is 1. The van der Waals surface area contributed by atoms with Crippen LogP contribution >= 0.6 is 35.3 Å². The molecule has 1 fully saturated rings. The van der Waals surface area contributed by atoms with E-state index in [2.05, 4.69) is 77.9 Å². The van der Waals surface area contributed by atoms with Crippen molar-refractivity contribution < 1.29 is 4.74 Å². The van der Waals surface area contributed by atoms with E-state index in [0.29, 0.717) is 12.5 Å². The maximum atomic E-state index is 5.82. The normalized spacial score (nSPS) is 20.1. The van der Waals surface area contributed by atoms with Crippen LogP contribution in [0.5, 0.6) is 0 Å². The summed E-state index contributed by atoms with van der Waals surface area (Å²) in [6.45, 7) is 12.7. The summed E-state index contributed by atoms with van der Waals surface area (Å²) in [5, 5.41) is 8.96. The number of morpholine rings is 1. The van der Waals surface area contributed by atoms with E-state index in [4.69, 9.17) is 9.73 Å². The molecule has 3 atom stereocenters. The van der Waals surface area contributed by atoms with Crippen molar-refractivity contribution in [2.75, 3.05) is 31.1 Å². The predicted molar refractivity (Wildman–Crippen MR) is 142 cm³/mol. The van der Waals surface area contributed by atoms with Crippen LogP contribution in [0.2, 0.25) is 0 Å². The van der Waals surface area contributed by atoms with Gasteiger partial charge in [0.05, 0.1) is 18.8 Å². The molecule has 3 rings (SSSR count). The second-order valence-corrected chi connectivity index (χ2v) is 9.18. The molecule has 0 bridgehead atoms. The zero-order valence-electron chi connectivity index (χ0n) is 19.0. The number of pyridine rings is 1. The molecule has 0 spiro atoms. The molecule has 2 aromatic heterocycles. The molecular weight excluding hydrogens is 521 g/mol. The monoisotopic (exact) mass is 557 g/mol. The summed E-state index contributed by atoms with van der Waals surface area (Å²) < 4.78 is 5.82. The molecule has 2 aromatic rings. The van der Waals surface area contributed by atoms with Gasteiger partial charge in [-0.25, -0.2) is 9.98 Å². The summed E-state index contributed by atoms with van der Waals surface area (Å²) in [4.78, 5) is 13.1. The van der Waals surface area contributed by atoms with Gasteiger partial charge in [-0.2, -0.15) is 0 Å². The van der Waals surface area contributed by atoms with Gasteiger partial charge in [0.25, 0.3) is 0 Å². The van der Waals surface area contributed by atoms with Crippen LogP contribution in [-0.2, 0) is 17.7 Å². The van der Waals surface area contributed by atoms with E-state index in [9.17, 15) is 0 Å². The largest absolute Gasteiger partial charge is 0.372 e. The lowest BCUT2D eigenvalue weighted by Crippen LogP contribution is -2.45. The van der Waals surface area contributed by atoms with Gasteiger partial charge in [-0.15, -0.1) is 35.3 Å². The summed E-state index contributed by atoms with van der Waals surface area (Å²) in [6, 6.07) is 8.54. The van der Waals surface area contributed by atoms with Gasteiger partial charge < -0.3 is 20.3 Å². The molecule has 0 saturated carbocycles. The van der Waals surface area contributed by atoms with Gasteiger partial charge in [-0.1, -0.05) is 19.1 Å². The first-order chi connectivity index (χ1) is 14.5. The van der Waals surface area contributed by atoms with Gasteiger partial charge >= 0.3 is 0 Å². The number of rotatable bonds is 8. The van der Waals surface area contributed by atoms with Crippen molar-refractivity contribution in [1.82, 2.24) is 15.6 Å². The molecule has 1 aliphatic heterocycles. The quantitative estimate of drug-likeness (QED) is 0.288. The average molecular weight is 558 g/mol. The molecule has 8 heteroatoms. The van der Waals surface area contributed by atoms with Crippen molar-refractivity contribution in [3.05, 3.63) is 46.3 Å². The molecular formula is C23H36IN5OS. The van der Waals surface area contributed by atoms with E-state index in [1.807, 2.05) is 17.5 Å². The molecule has 1 aliphatic rings. The van der Waals surface area contributed by atoms with Gasteiger partial charge in [0.1, 0.15) is 5.82 Å². The molecule has 6 nitrogen and oxygen atoms in total. The van der Waals surface area contributed by atoms with Crippen molar-refractivity contribution >= 4 is 47.1 Å². The van der Waals surface area contributed by atoms with Crippen LogP contribution < -0.4 is 15.5 Å². The highest BCUT2D eigenvalue weighted by Crippen LogP contribution is 2.18. The van der Waals surface area contributed by atoms with Gasteiger partial charge in [0, 0.05) is 37.3 Å². The lowest BCUT2D eigenvalue weighted by molar-refractivity contribution is -0.00545. The molecule has 0 amide bonds. The zero-order valence-corrected chi connectivity index (χ0v) is 22.2. The maximum absolute atomic E-state index is 5.82. The summed E-state index contributed by atoms with van der Waals surface area (Å²) in [6.07, 6.45) is 3.49. The van der Waals surface area contributed by atoms with Crippen LogP contribution in [0.15, 0.2) is 40.8 Å². The SMILES string of the molecule is CCNC(=NCc1ccc(N2CC(C)OC(C)C2)nc1)NCC(C)Cc1cccs1.I. The molecule has 0 aromatic carbocycles. The summed E-state index contributed by atoms with van der Waals surface area (Å²) in [5.74, 6) is 2.42. The van der Waals surface area contributed by atoms with Crippen molar-refractivity contribution in [2.24, 2.45) is 10.9 Å². The number of nitrogens with one attached hydrogen (secondary N) is 2. The minimum Gasteiger partial charge on any atom is -0.372 e. The van der Waals surface area contributed by atoms with E-state index in [1.165, 1.54) is 4.88 Å². The van der Waals surface area contributed by atoms with Gasteiger partial charge in [-0.3, -0.25) is 0 Å². The fourth-order valence-corrected chi connectivity index (χ4v) is 4.56. The lowest BCUT2D eigenvalue weighted by atomic mass is 10.1. The van der Waals surface area contributed by atoms with Crippen molar-refractivity contribution in [1.29, 1.82) is 0 Å². The molecule has 2 N–H and O–H groups in total. The van der Waals surface area contributed by atoms with Crippen molar-refractivity contribution in [2.45, 2.75) is 52.9 Å². The molecule has 0 aliphatic carbocycles. The molecule has 172 valence electrons. The first kappa shape index (κ1) is 25.9. The third-order valence-corrected chi connectivity index (χ3v) is 5.96. The fraction of sp³-hybridized carbons (Fsp3) is 0.565. The number of anilines is 1. The van der Waals surface area contributed by atoms with E-state index in [0.717, 1.165) is 49.9 Å². The topological polar surface area (TPSA) is 61.8 Å². The highest BCUT2D eigenvalue weighted by molar-refractivity contribution is 14.0. The Morgan fingerprint density at radius 3 is 2.65 bits per heavy atom. The summed E-state index contributed by atoms with van der Waals surface area (Å²) in [5.41, 5.74) is 1.11. The lowest BCUT2D eigenvalue weighted by Gasteiger charge is -2.36. The number of aliphatic imine (C=N–C) groups is 1. The van der Waals surface area contributed by atoms with Gasteiger partial charge in [0.2, 0.25) is 0 Å². The first-order valence-corrected chi connectivity index (χ1v) is 11.8. The number of nitrogens with zero attached hydrogens (tertiary/aromatic N) is 3. The standard InChI is InChI=1S/C23H35N5OS.HI/c1-5-24-23(26-12-17(2)11-21-7-6-10-30-21)27-14-20-8-9-22(25-13-20)28-15-18(3)29-19(4)16-28;/h6-10,13,17-19H,5,11-12,14-16H2,1-4H3,(H2,24,26,27);1H. The number of aromatic nitrogens is 1. The molecule has 0 radical (unpaired) electrons. The Hall–Kier alpha value is -1.39. The van der Waals surface area contributed by atoms with E-state index in [-0.39, 0.29) is 36.2 Å². The summed E-state index contributed by atoms with van der Waals surface area (Å²) >= 11 is 1.82. The van der Waals surface area contributed by atoms with Gasteiger partial charge in [-0.05, 0) is 56.2 Å². The third kappa shape index (κ3) is 8.57. The van der Waals surface area contributed by atoms with Crippen LogP contribution in [0, 0.1) is 5.92 Å². The first-order valence-electron chi connectivity index (χ1n) is 10.9. The Kier molecular flexibility index (Phi) is 11.0. The van der Waals surface area contributed by atoms with Crippen LogP contribution in [-0.4, -0.2) is 49.3 Å². The minimum atomic E-state index is 0. The summed E-state index contributed by atoms with van der Waals surface area (Å²) in [7, 11) is 0. The Balaban J connectivity index is 0.00000341. The third-order valence-electron chi connectivity index (χ3n) is 5.06. The highest BCUT2D eigenvalue weighted by Gasteiger charge is 2.22. The number of halogens is 1. The maximum Gasteiger partial charge on any atom is 0.191 e. The smallest absolute Gasteiger partial charge is 0.191 e. The van der Waals surface area contributed by atoms with Crippen LogP contribution in [0.25, 0.3) is 0 Å². The fourth-order valence-electron chi connectivity index (χ4n) is 3.69. The van der Waals surface area contributed by atoms with Crippen LogP contribution in [0.3, 0.4) is 0 Å². The Morgan fingerprint density at radius 2 is 2.03 bits per heavy atom. The van der Waals surface area contributed by atoms with Crippen molar-refractivity contribution in [3.63, 3.8) is 0 Å². The molecule has 3 heterocycles. The van der Waals surface area contributed by atoms with E-state index >= 15 is 0 Å². The molecule has 3 unspecified atom stereocenters. The number of guanidine groups is 1. The minimum absolute atomic E-state index is 0. The predicted octanol–water partition coefficient (Wildman–Crippen LogP) is 4.31. The molecule has 1 saturated heterocycles. The Bertz CT molecular complexity index is 774. The number of hydrogen-bond acceptors (Lipinski definition) is 5. The van der Waals surface area contributed by atoms with E-state index in [1.54, 1.807) is 0 Å². The number of thiophene rings is 1. The second-order valence-electron chi connectivity index (χ2n) is 8.15. The van der Waals surface area contributed by atoms with Crippen LogP contribution in [0.1, 0.15) is 38.1 Å². The zero-order chi connectivity index (χ0) is 21.3. The second kappa shape index (κ2) is 13.2.